The van der Waals surface area contributed by atoms with Crippen LogP contribution in [0.15, 0.2) is 0 Å². The van der Waals surface area contributed by atoms with Gasteiger partial charge in [0, 0.05) is 12.3 Å². The third kappa shape index (κ3) is 8.48. The Morgan fingerprint density at radius 1 is 1.12 bits per heavy atom. The van der Waals surface area contributed by atoms with Crippen molar-refractivity contribution in [1.29, 1.82) is 0 Å². The molecule has 1 amide bonds. The molecule has 1 N–H and O–H groups in total. The van der Waals surface area contributed by atoms with Crippen molar-refractivity contribution >= 4 is 17.5 Å². The lowest BCUT2D eigenvalue weighted by Gasteiger charge is -2.27. The van der Waals surface area contributed by atoms with E-state index in [1.54, 1.807) is 0 Å². The van der Waals surface area contributed by atoms with Crippen molar-refractivity contribution in [3.63, 3.8) is 0 Å². The first-order valence-electron chi connectivity index (χ1n) is 6.95. The van der Waals surface area contributed by atoms with Crippen LogP contribution in [0.1, 0.15) is 72.1 Å². The fourth-order valence-corrected chi connectivity index (χ4v) is 1.94. The summed E-state index contributed by atoms with van der Waals surface area (Å²) in [4.78, 5) is 11.7. The highest BCUT2D eigenvalue weighted by Crippen LogP contribution is 2.12. The van der Waals surface area contributed by atoms with Gasteiger partial charge in [-0.3, -0.25) is 4.79 Å². The fraction of sp³-hybridized carbons (Fsp3) is 0.929. The number of amides is 1. The van der Waals surface area contributed by atoms with E-state index in [1.165, 1.54) is 25.7 Å². The maximum atomic E-state index is 11.7. The molecule has 17 heavy (non-hydrogen) atoms. The molecule has 0 bridgehead atoms. The van der Waals surface area contributed by atoms with Crippen molar-refractivity contribution < 1.29 is 4.79 Å². The molecule has 0 rings (SSSR count). The molecule has 0 spiro atoms. The number of carbonyl (C=O) groups is 1. The Morgan fingerprint density at radius 2 is 1.71 bits per heavy atom. The summed E-state index contributed by atoms with van der Waals surface area (Å²) in [6, 6.07) is 0. The molecule has 0 aliphatic carbocycles. The molecular formula is C14H28ClNO. The summed E-state index contributed by atoms with van der Waals surface area (Å²) in [7, 11) is 0. The minimum Gasteiger partial charge on any atom is -0.350 e. The summed E-state index contributed by atoms with van der Waals surface area (Å²) < 4.78 is 0. The van der Waals surface area contributed by atoms with Gasteiger partial charge >= 0.3 is 0 Å². The second-order valence-electron chi connectivity index (χ2n) is 5.11. The van der Waals surface area contributed by atoms with Crippen molar-refractivity contribution in [1.82, 2.24) is 5.32 Å². The largest absolute Gasteiger partial charge is 0.350 e. The molecule has 102 valence electrons. The third-order valence-corrected chi connectivity index (χ3v) is 3.86. The fourth-order valence-electron chi connectivity index (χ4n) is 1.68. The normalized spacial score (nSPS) is 14.4. The van der Waals surface area contributed by atoms with E-state index in [2.05, 4.69) is 12.2 Å². The number of nitrogens with one attached hydrogen (secondary N) is 1. The molecule has 3 heteroatoms. The monoisotopic (exact) mass is 261 g/mol. The molecule has 0 saturated heterocycles. The van der Waals surface area contributed by atoms with E-state index in [-0.39, 0.29) is 11.4 Å². The molecule has 0 radical (unpaired) electrons. The Balaban J connectivity index is 3.59. The second kappa shape index (κ2) is 9.76. The maximum Gasteiger partial charge on any atom is 0.220 e. The number of halogens is 1. The molecular weight excluding hydrogens is 234 g/mol. The topological polar surface area (TPSA) is 29.1 Å². The van der Waals surface area contributed by atoms with Gasteiger partial charge in [-0.2, -0.15) is 0 Å². The van der Waals surface area contributed by atoms with E-state index in [0.29, 0.717) is 12.3 Å². The van der Waals surface area contributed by atoms with Gasteiger partial charge in [0.15, 0.2) is 0 Å². The average molecular weight is 262 g/mol. The summed E-state index contributed by atoms with van der Waals surface area (Å²) in [6.07, 6.45) is 8.80. The van der Waals surface area contributed by atoms with E-state index in [4.69, 9.17) is 11.6 Å². The van der Waals surface area contributed by atoms with Gasteiger partial charge in [-0.15, -0.1) is 11.6 Å². The van der Waals surface area contributed by atoms with E-state index >= 15 is 0 Å². The van der Waals surface area contributed by atoms with Crippen molar-refractivity contribution in [2.75, 3.05) is 5.88 Å². The molecule has 2 nitrogen and oxygen atoms in total. The highest BCUT2D eigenvalue weighted by molar-refractivity contribution is 6.18. The highest BCUT2D eigenvalue weighted by atomic mass is 35.5. The van der Waals surface area contributed by atoms with Crippen LogP contribution in [0.25, 0.3) is 0 Å². The number of carbonyl (C=O) groups excluding carboxylic acids is 1. The Morgan fingerprint density at radius 3 is 2.24 bits per heavy atom. The van der Waals surface area contributed by atoms with Gasteiger partial charge in [0.2, 0.25) is 5.91 Å². The average Bonchev–Trinajstić information content (AvgIpc) is 2.33. The number of alkyl halides is 1. The molecule has 0 aromatic heterocycles. The van der Waals surface area contributed by atoms with Crippen molar-refractivity contribution in [2.45, 2.75) is 77.7 Å². The van der Waals surface area contributed by atoms with Crippen LogP contribution in [-0.4, -0.2) is 17.3 Å². The Bertz CT molecular complexity index is 202. The van der Waals surface area contributed by atoms with Crippen molar-refractivity contribution in [3.05, 3.63) is 0 Å². The lowest BCUT2D eigenvalue weighted by molar-refractivity contribution is -0.122. The summed E-state index contributed by atoms with van der Waals surface area (Å²) in [6.45, 7) is 6.26. The van der Waals surface area contributed by atoms with Crippen molar-refractivity contribution in [3.8, 4) is 0 Å². The Labute approximate surface area is 111 Å². The van der Waals surface area contributed by atoms with Gasteiger partial charge in [-0.05, 0) is 19.8 Å². The number of unbranched alkanes of at least 4 members (excludes halogenated alkanes) is 5. The highest BCUT2D eigenvalue weighted by Gasteiger charge is 2.22. The third-order valence-electron chi connectivity index (χ3n) is 3.27. The number of rotatable bonds is 10. The first-order valence-corrected chi connectivity index (χ1v) is 7.48. The molecule has 0 fully saturated rings. The lowest BCUT2D eigenvalue weighted by atomic mass is 10.0. The summed E-state index contributed by atoms with van der Waals surface area (Å²) in [5.74, 6) is 0.622. The Kier molecular flexibility index (Phi) is 9.62. The van der Waals surface area contributed by atoms with Crippen LogP contribution >= 0.6 is 11.6 Å². The Hall–Kier alpha value is -0.240. The molecule has 0 aliphatic heterocycles. The zero-order chi connectivity index (χ0) is 13.1. The van der Waals surface area contributed by atoms with Crippen molar-refractivity contribution in [2.24, 2.45) is 0 Å². The van der Waals surface area contributed by atoms with E-state index in [1.807, 2.05) is 13.8 Å². The van der Waals surface area contributed by atoms with Gasteiger partial charge < -0.3 is 5.32 Å². The van der Waals surface area contributed by atoms with Crippen LogP contribution in [0, 0.1) is 0 Å². The molecule has 0 aromatic carbocycles. The SMILES string of the molecule is CCCCCCCCC(=O)NC(C)(CC)CCl. The number of hydrogen-bond acceptors (Lipinski definition) is 1. The van der Waals surface area contributed by atoms with Crippen LogP contribution in [0.5, 0.6) is 0 Å². The summed E-state index contributed by atoms with van der Waals surface area (Å²) >= 11 is 5.86. The molecule has 0 heterocycles. The smallest absolute Gasteiger partial charge is 0.220 e. The van der Waals surface area contributed by atoms with Gasteiger partial charge in [0.1, 0.15) is 0 Å². The van der Waals surface area contributed by atoms with E-state index in [9.17, 15) is 4.79 Å². The zero-order valence-electron chi connectivity index (χ0n) is 11.7. The molecule has 0 aromatic rings. The van der Waals surface area contributed by atoms with Gasteiger partial charge in [0.05, 0.1) is 5.54 Å². The van der Waals surface area contributed by atoms with Gasteiger partial charge in [0.25, 0.3) is 0 Å². The summed E-state index contributed by atoms with van der Waals surface area (Å²) in [5, 5.41) is 3.02. The molecule has 0 saturated carbocycles. The van der Waals surface area contributed by atoms with Crippen LogP contribution in [0.2, 0.25) is 0 Å². The van der Waals surface area contributed by atoms with Gasteiger partial charge in [-0.1, -0.05) is 46.0 Å². The first-order chi connectivity index (χ1) is 8.08. The van der Waals surface area contributed by atoms with Crippen LogP contribution in [0.4, 0.5) is 0 Å². The number of hydrogen-bond donors (Lipinski definition) is 1. The minimum absolute atomic E-state index is 0.144. The maximum absolute atomic E-state index is 11.7. The quantitative estimate of drug-likeness (QED) is 0.462. The minimum atomic E-state index is -0.235. The second-order valence-corrected chi connectivity index (χ2v) is 5.38. The summed E-state index contributed by atoms with van der Waals surface area (Å²) in [5.41, 5.74) is -0.235. The standard InChI is InChI=1S/C14H28ClNO/c1-4-6-7-8-9-10-11-13(17)16-14(3,5-2)12-15/h4-12H2,1-3H3,(H,16,17). The molecule has 1 unspecified atom stereocenters. The zero-order valence-corrected chi connectivity index (χ0v) is 12.4. The first kappa shape index (κ1) is 16.8. The predicted octanol–water partition coefficient (Wildman–Crippen LogP) is 4.26. The van der Waals surface area contributed by atoms with Crippen LogP contribution < -0.4 is 5.32 Å². The molecule has 0 aliphatic rings. The molecule has 1 atom stereocenters. The predicted molar refractivity (Wildman–Crippen MR) is 75.6 cm³/mol. The van der Waals surface area contributed by atoms with Gasteiger partial charge in [-0.25, -0.2) is 0 Å². The van der Waals surface area contributed by atoms with Crippen LogP contribution in [0.3, 0.4) is 0 Å². The van der Waals surface area contributed by atoms with E-state index in [0.717, 1.165) is 19.3 Å². The van der Waals surface area contributed by atoms with E-state index < -0.39 is 0 Å². The lowest BCUT2D eigenvalue weighted by Crippen LogP contribution is -2.46. The van der Waals surface area contributed by atoms with Crippen LogP contribution in [-0.2, 0) is 4.79 Å².